The number of hydrogen-bond donors (Lipinski definition) is 0. The molecular formula is C31H37ClN2O3. The first-order chi connectivity index (χ1) is 18.1. The predicted molar refractivity (Wildman–Crippen MR) is 151 cm³/mol. The summed E-state index contributed by atoms with van der Waals surface area (Å²) in [5.41, 5.74) is 4.27. The van der Waals surface area contributed by atoms with Gasteiger partial charge in [-0.05, 0) is 67.3 Å². The van der Waals surface area contributed by atoms with Gasteiger partial charge >= 0.3 is 0 Å². The number of methoxy groups -OCH3 is 1. The van der Waals surface area contributed by atoms with E-state index in [0.29, 0.717) is 30.1 Å². The third kappa shape index (κ3) is 7.27. The number of benzene rings is 3. The maximum atomic E-state index is 12.8. The van der Waals surface area contributed by atoms with E-state index in [0.717, 1.165) is 62.6 Å². The van der Waals surface area contributed by atoms with E-state index in [-0.39, 0.29) is 5.78 Å². The van der Waals surface area contributed by atoms with Gasteiger partial charge in [0, 0.05) is 48.9 Å². The standard InChI is InChI=1S/C31H37ClN2O3/c1-3-26-27(32)12-9-13-28(26)34-20-18-33(19-21-34)17-8-7-14-29(35)25-15-16-30(31(22-25)36-2)37-23-24-10-5-4-6-11-24/h4-6,9-13,15-16,22H,3,7-8,14,17-21,23H2,1-2H3. The molecule has 0 saturated carbocycles. The van der Waals surface area contributed by atoms with Gasteiger partial charge in [-0.1, -0.05) is 54.9 Å². The van der Waals surface area contributed by atoms with E-state index >= 15 is 0 Å². The van der Waals surface area contributed by atoms with Crippen molar-refractivity contribution in [3.63, 3.8) is 0 Å². The molecule has 5 nitrogen and oxygen atoms in total. The average Bonchev–Trinajstić information content (AvgIpc) is 2.94. The molecule has 0 atom stereocenters. The summed E-state index contributed by atoms with van der Waals surface area (Å²) in [6, 6.07) is 21.7. The van der Waals surface area contributed by atoms with E-state index in [2.05, 4.69) is 22.8 Å². The molecule has 0 unspecified atom stereocenters. The predicted octanol–water partition coefficient (Wildman–Crippen LogP) is 6.67. The number of anilines is 1. The summed E-state index contributed by atoms with van der Waals surface area (Å²) in [5, 5.41) is 0.860. The van der Waals surface area contributed by atoms with Crippen LogP contribution < -0.4 is 14.4 Å². The van der Waals surface area contributed by atoms with Crippen molar-refractivity contribution >= 4 is 23.1 Å². The van der Waals surface area contributed by atoms with Crippen molar-refractivity contribution in [3.8, 4) is 11.5 Å². The molecule has 0 N–H and O–H groups in total. The van der Waals surface area contributed by atoms with Gasteiger partial charge in [-0.3, -0.25) is 9.69 Å². The van der Waals surface area contributed by atoms with Gasteiger partial charge < -0.3 is 14.4 Å². The van der Waals surface area contributed by atoms with Gasteiger partial charge in [0.2, 0.25) is 0 Å². The van der Waals surface area contributed by atoms with Crippen LogP contribution in [0.5, 0.6) is 11.5 Å². The first kappa shape index (κ1) is 27.0. The van der Waals surface area contributed by atoms with Gasteiger partial charge in [0.15, 0.2) is 17.3 Å². The smallest absolute Gasteiger partial charge is 0.163 e. The number of halogens is 1. The van der Waals surface area contributed by atoms with Crippen molar-refractivity contribution < 1.29 is 14.3 Å². The third-order valence-electron chi connectivity index (χ3n) is 7.01. The van der Waals surface area contributed by atoms with Crippen molar-refractivity contribution in [2.24, 2.45) is 0 Å². The summed E-state index contributed by atoms with van der Waals surface area (Å²) in [4.78, 5) is 17.8. The van der Waals surface area contributed by atoms with Crippen LogP contribution in [0.2, 0.25) is 5.02 Å². The normalized spacial score (nSPS) is 14.0. The summed E-state index contributed by atoms with van der Waals surface area (Å²) in [6.45, 7) is 7.71. The molecule has 6 heteroatoms. The van der Waals surface area contributed by atoms with Crippen LogP contribution in [-0.4, -0.2) is 50.5 Å². The summed E-state index contributed by atoms with van der Waals surface area (Å²) >= 11 is 6.42. The fraction of sp³-hybridized carbons (Fsp3) is 0.387. The van der Waals surface area contributed by atoms with Crippen LogP contribution in [-0.2, 0) is 13.0 Å². The second-order valence-corrected chi connectivity index (χ2v) is 9.85. The van der Waals surface area contributed by atoms with Gasteiger partial charge in [0.1, 0.15) is 6.61 Å². The Bertz CT molecular complexity index is 1160. The van der Waals surface area contributed by atoms with Crippen LogP contribution in [0.1, 0.15) is 47.7 Å². The molecule has 1 aliphatic heterocycles. The topological polar surface area (TPSA) is 42.0 Å². The van der Waals surface area contributed by atoms with Crippen molar-refractivity contribution in [2.45, 2.75) is 39.2 Å². The summed E-state index contributed by atoms with van der Waals surface area (Å²) < 4.78 is 11.4. The van der Waals surface area contributed by atoms with E-state index in [9.17, 15) is 4.79 Å². The van der Waals surface area contributed by atoms with E-state index in [4.69, 9.17) is 21.1 Å². The van der Waals surface area contributed by atoms with Crippen LogP contribution in [0.25, 0.3) is 0 Å². The van der Waals surface area contributed by atoms with Crippen molar-refractivity contribution in [1.82, 2.24) is 4.90 Å². The van der Waals surface area contributed by atoms with Crippen LogP contribution in [0.15, 0.2) is 66.7 Å². The molecule has 1 fully saturated rings. The van der Waals surface area contributed by atoms with Crippen LogP contribution in [0.4, 0.5) is 5.69 Å². The fourth-order valence-corrected chi connectivity index (χ4v) is 5.17. The maximum absolute atomic E-state index is 12.8. The maximum Gasteiger partial charge on any atom is 0.163 e. The quantitative estimate of drug-likeness (QED) is 0.197. The molecule has 0 bridgehead atoms. The fourth-order valence-electron chi connectivity index (χ4n) is 4.87. The largest absolute Gasteiger partial charge is 0.493 e. The highest BCUT2D eigenvalue weighted by Crippen LogP contribution is 2.30. The zero-order valence-electron chi connectivity index (χ0n) is 21.9. The Balaban J connectivity index is 1.20. The molecule has 1 saturated heterocycles. The molecule has 196 valence electrons. The zero-order valence-corrected chi connectivity index (χ0v) is 22.7. The van der Waals surface area contributed by atoms with Gasteiger partial charge in [-0.25, -0.2) is 0 Å². The Morgan fingerprint density at radius 3 is 2.43 bits per heavy atom. The van der Waals surface area contributed by atoms with Gasteiger partial charge in [-0.15, -0.1) is 0 Å². The Morgan fingerprint density at radius 1 is 0.919 bits per heavy atom. The number of unbranched alkanes of at least 4 members (excludes halogenated alkanes) is 1. The molecule has 0 spiro atoms. The third-order valence-corrected chi connectivity index (χ3v) is 7.37. The number of carbonyl (C=O) groups excluding carboxylic acids is 1. The number of Topliss-reactive ketones (excluding diaryl/α,β-unsaturated/α-hetero) is 1. The van der Waals surface area contributed by atoms with Crippen molar-refractivity contribution in [3.05, 3.63) is 88.4 Å². The zero-order chi connectivity index (χ0) is 26.0. The molecule has 0 aliphatic carbocycles. The number of nitrogens with zero attached hydrogens (tertiary/aromatic N) is 2. The highest BCUT2D eigenvalue weighted by molar-refractivity contribution is 6.31. The minimum atomic E-state index is 0.144. The average molecular weight is 521 g/mol. The highest BCUT2D eigenvalue weighted by atomic mass is 35.5. The summed E-state index contributed by atoms with van der Waals surface area (Å²) in [6.07, 6.45) is 3.37. The lowest BCUT2D eigenvalue weighted by atomic mass is 10.0. The molecule has 1 heterocycles. The van der Waals surface area contributed by atoms with Gasteiger partial charge in [-0.2, -0.15) is 0 Å². The minimum Gasteiger partial charge on any atom is -0.493 e. The van der Waals surface area contributed by atoms with Crippen LogP contribution in [0, 0.1) is 0 Å². The number of rotatable bonds is 12. The number of hydrogen-bond acceptors (Lipinski definition) is 5. The Hall–Kier alpha value is -3.02. The highest BCUT2D eigenvalue weighted by Gasteiger charge is 2.20. The van der Waals surface area contributed by atoms with Crippen LogP contribution >= 0.6 is 11.6 Å². The molecule has 1 aliphatic rings. The van der Waals surface area contributed by atoms with Crippen molar-refractivity contribution in [2.75, 3.05) is 44.7 Å². The summed E-state index contributed by atoms with van der Waals surface area (Å²) in [7, 11) is 1.61. The first-order valence-electron chi connectivity index (χ1n) is 13.2. The van der Waals surface area contributed by atoms with E-state index in [1.807, 2.05) is 54.6 Å². The molecular weight excluding hydrogens is 484 g/mol. The van der Waals surface area contributed by atoms with E-state index in [1.165, 1.54) is 11.3 Å². The number of piperazine rings is 1. The van der Waals surface area contributed by atoms with Crippen LogP contribution in [0.3, 0.4) is 0 Å². The van der Waals surface area contributed by atoms with E-state index < -0.39 is 0 Å². The molecule has 37 heavy (non-hydrogen) atoms. The molecule has 0 radical (unpaired) electrons. The van der Waals surface area contributed by atoms with Crippen molar-refractivity contribution in [1.29, 1.82) is 0 Å². The number of ketones is 1. The first-order valence-corrected chi connectivity index (χ1v) is 13.6. The number of carbonyl (C=O) groups is 1. The lowest BCUT2D eigenvalue weighted by Crippen LogP contribution is -2.46. The Kier molecular flexibility index (Phi) is 9.86. The number of ether oxygens (including phenoxy) is 2. The molecule has 0 aromatic heterocycles. The molecule has 3 aromatic carbocycles. The second kappa shape index (κ2) is 13.5. The lowest BCUT2D eigenvalue weighted by molar-refractivity contribution is 0.0977. The SMILES string of the molecule is CCc1c(Cl)cccc1N1CCN(CCCCC(=O)c2ccc(OCc3ccccc3)c(OC)c2)CC1. The van der Waals surface area contributed by atoms with Gasteiger partial charge in [0.05, 0.1) is 7.11 Å². The monoisotopic (exact) mass is 520 g/mol. The molecule has 4 rings (SSSR count). The molecule has 3 aromatic rings. The minimum absolute atomic E-state index is 0.144. The second-order valence-electron chi connectivity index (χ2n) is 9.44. The van der Waals surface area contributed by atoms with E-state index in [1.54, 1.807) is 13.2 Å². The lowest BCUT2D eigenvalue weighted by Gasteiger charge is -2.37. The Morgan fingerprint density at radius 2 is 1.70 bits per heavy atom. The van der Waals surface area contributed by atoms with Gasteiger partial charge in [0.25, 0.3) is 0 Å². The Labute approximate surface area is 225 Å². The molecule has 0 amide bonds. The summed E-state index contributed by atoms with van der Waals surface area (Å²) in [5.74, 6) is 1.38.